The van der Waals surface area contributed by atoms with E-state index in [1.54, 1.807) is 26.0 Å². The standard InChI is InChI=1S/C43H48N6O4/c1-6-48(24-26(2)52-4)42(51)35(23-44)40(47-43-45-36-14-10-11-15-37(36)46-43)31-20-30-21-32(53-5)17-19-33(30)41-39(28-12-8-7-9-13-28)34-18-16-29(27(3)50)22-38(34)49(41)25-31/h10-11,14-23,26,28,44H,6-9,12-13,24-25H2,1-5H3,(H2,45,46,47)/b40-35+,44-23?/t26-/m1/s1. The van der Waals surface area contributed by atoms with Crippen LogP contribution in [-0.4, -0.2) is 70.8 Å². The van der Waals surface area contributed by atoms with Crippen LogP contribution in [0.1, 0.15) is 80.3 Å². The van der Waals surface area contributed by atoms with Crippen molar-refractivity contribution in [2.45, 2.75) is 71.4 Å². The highest BCUT2D eigenvalue weighted by molar-refractivity contribution is 6.13. The minimum atomic E-state index is -0.291. The minimum absolute atomic E-state index is 0.00459. The molecule has 1 aliphatic carbocycles. The highest BCUT2D eigenvalue weighted by Crippen LogP contribution is 2.47. The van der Waals surface area contributed by atoms with E-state index < -0.39 is 0 Å². The molecule has 2 aromatic heterocycles. The third-order valence-corrected chi connectivity index (χ3v) is 10.8. The molecule has 0 bridgehead atoms. The summed E-state index contributed by atoms with van der Waals surface area (Å²) >= 11 is 0. The molecule has 7 rings (SSSR count). The van der Waals surface area contributed by atoms with Crippen molar-refractivity contribution in [3.63, 3.8) is 0 Å². The molecule has 1 amide bonds. The summed E-state index contributed by atoms with van der Waals surface area (Å²) in [7, 11) is 3.29. The van der Waals surface area contributed by atoms with Crippen LogP contribution in [0.3, 0.4) is 0 Å². The van der Waals surface area contributed by atoms with Crippen LogP contribution in [0.15, 0.2) is 77.5 Å². The Labute approximate surface area is 310 Å². The zero-order valence-corrected chi connectivity index (χ0v) is 31.2. The summed E-state index contributed by atoms with van der Waals surface area (Å²) in [5.41, 5.74) is 9.10. The van der Waals surface area contributed by atoms with Gasteiger partial charge in [0.15, 0.2) is 5.78 Å². The molecule has 2 aliphatic rings. The zero-order chi connectivity index (χ0) is 37.2. The lowest BCUT2D eigenvalue weighted by molar-refractivity contribution is -0.127. The number of hydrogen-bond donors (Lipinski definition) is 3. The number of H-pyrrole nitrogens is 1. The first-order valence-electron chi connectivity index (χ1n) is 18.6. The van der Waals surface area contributed by atoms with Gasteiger partial charge in [0.2, 0.25) is 5.95 Å². The Balaban J connectivity index is 1.50. The Kier molecular flexibility index (Phi) is 10.3. The highest BCUT2D eigenvalue weighted by Gasteiger charge is 2.32. The lowest BCUT2D eigenvalue weighted by Gasteiger charge is -2.26. The second-order valence-corrected chi connectivity index (χ2v) is 14.1. The van der Waals surface area contributed by atoms with Gasteiger partial charge in [-0.3, -0.25) is 9.59 Å². The number of allylic oxidation sites excluding steroid dienone is 1. The average Bonchev–Trinajstić information content (AvgIpc) is 3.69. The van der Waals surface area contributed by atoms with Crippen molar-refractivity contribution in [1.82, 2.24) is 19.4 Å². The summed E-state index contributed by atoms with van der Waals surface area (Å²) in [6.07, 6.45) is 8.84. The van der Waals surface area contributed by atoms with Gasteiger partial charge in [0.25, 0.3) is 5.91 Å². The molecule has 3 N–H and O–H groups in total. The Hall–Kier alpha value is -5.48. The van der Waals surface area contributed by atoms with E-state index in [1.807, 2.05) is 62.4 Å². The van der Waals surface area contributed by atoms with Gasteiger partial charge in [-0.1, -0.05) is 43.5 Å². The Morgan fingerprint density at radius 1 is 1.09 bits per heavy atom. The number of methoxy groups -OCH3 is 2. The molecule has 1 fully saturated rings. The fourth-order valence-corrected chi connectivity index (χ4v) is 8.01. The predicted molar refractivity (Wildman–Crippen MR) is 212 cm³/mol. The van der Waals surface area contributed by atoms with Crippen molar-refractivity contribution in [2.24, 2.45) is 0 Å². The number of aromatic amines is 1. The molecule has 3 heterocycles. The van der Waals surface area contributed by atoms with Crippen LogP contribution in [0.5, 0.6) is 5.75 Å². The Bertz CT molecular complexity index is 2240. The number of Topliss-reactive ketones (excluding diaryl/α,β-unsaturated/α-hetero) is 1. The Morgan fingerprint density at radius 3 is 2.58 bits per heavy atom. The molecule has 1 aliphatic heterocycles. The maximum atomic E-state index is 14.5. The summed E-state index contributed by atoms with van der Waals surface area (Å²) in [6, 6.07) is 20.0. The number of carbonyl (C=O) groups is 2. The maximum absolute atomic E-state index is 14.5. The molecule has 10 heteroatoms. The van der Waals surface area contributed by atoms with Gasteiger partial charge in [0, 0.05) is 48.4 Å². The molecule has 0 unspecified atom stereocenters. The number of nitrogens with one attached hydrogen (secondary N) is 3. The molecule has 53 heavy (non-hydrogen) atoms. The highest BCUT2D eigenvalue weighted by atomic mass is 16.5. The molecule has 0 spiro atoms. The molecule has 274 valence electrons. The topological polar surface area (TPSA) is 125 Å². The minimum Gasteiger partial charge on any atom is -0.497 e. The number of fused-ring (bicyclic) bond motifs is 6. The van der Waals surface area contributed by atoms with Crippen LogP contribution >= 0.6 is 0 Å². The number of rotatable bonds is 12. The number of anilines is 1. The number of likely N-dealkylation sites (N-methyl/N-ethyl adjacent to an activating group) is 1. The monoisotopic (exact) mass is 712 g/mol. The van der Waals surface area contributed by atoms with Crippen molar-refractivity contribution >= 4 is 51.9 Å². The van der Waals surface area contributed by atoms with Crippen molar-refractivity contribution in [3.05, 3.63) is 94.2 Å². The maximum Gasteiger partial charge on any atom is 0.257 e. The van der Waals surface area contributed by atoms with E-state index >= 15 is 0 Å². The van der Waals surface area contributed by atoms with E-state index in [1.165, 1.54) is 24.8 Å². The predicted octanol–water partition coefficient (Wildman–Crippen LogP) is 8.74. The van der Waals surface area contributed by atoms with Crippen LogP contribution < -0.4 is 10.1 Å². The number of benzene rings is 3. The lowest BCUT2D eigenvalue weighted by atomic mass is 9.81. The van der Waals surface area contributed by atoms with Crippen molar-refractivity contribution in [3.8, 4) is 17.0 Å². The number of ether oxygens (including phenoxy) is 2. The summed E-state index contributed by atoms with van der Waals surface area (Å²) in [5.74, 6) is 1.25. The molecule has 0 radical (unpaired) electrons. The number of ketones is 1. The van der Waals surface area contributed by atoms with Gasteiger partial charge >= 0.3 is 0 Å². The van der Waals surface area contributed by atoms with E-state index in [4.69, 9.17) is 19.9 Å². The van der Waals surface area contributed by atoms with Gasteiger partial charge in [-0.25, -0.2) is 4.98 Å². The molecule has 5 aromatic rings. The normalized spacial score (nSPS) is 15.5. The molecule has 10 nitrogen and oxygen atoms in total. The average molecular weight is 713 g/mol. The van der Waals surface area contributed by atoms with E-state index in [-0.39, 0.29) is 23.4 Å². The summed E-state index contributed by atoms with van der Waals surface area (Å²) in [6.45, 7) is 6.63. The first-order chi connectivity index (χ1) is 25.7. The lowest BCUT2D eigenvalue weighted by Crippen LogP contribution is -2.39. The van der Waals surface area contributed by atoms with Crippen LogP contribution in [0.2, 0.25) is 0 Å². The fourth-order valence-electron chi connectivity index (χ4n) is 8.01. The van der Waals surface area contributed by atoms with E-state index in [0.717, 1.165) is 63.4 Å². The number of imidazole rings is 1. The number of carbonyl (C=O) groups excluding carboxylic acids is 2. The van der Waals surface area contributed by atoms with Crippen LogP contribution in [-0.2, 0) is 16.1 Å². The zero-order valence-electron chi connectivity index (χ0n) is 31.2. The second kappa shape index (κ2) is 15.2. The van der Waals surface area contributed by atoms with Gasteiger partial charge in [0.1, 0.15) is 5.75 Å². The second-order valence-electron chi connectivity index (χ2n) is 14.1. The molecular formula is C43H48N6O4. The van der Waals surface area contributed by atoms with Gasteiger partial charge in [-0.2, -0.15) is 0 Å². The molecular weight excluding hydrogens is 665 g/mol. The van der Waals surface area contributed by atoms with Crippen molar-refractivity contribution < 1.29 is 19.1 Å². The summed E-state index contributed by atoms with van der Waals surface area (Å²) in [4.78, 5) is 37.2. The summed E-state index contributed by atoms with van der Waals surface area (Å²) in [5, 5.41) is 13.4. The molecule has 1 atom stereocenters. The number of para-hydroxylation sites is 2. The first-order valence-corrected chi connectivity index (χ1v) is 18.6. The van der Waals surface area contributed by atoms with Crippen molar-refractivity contribution in [2.75, 3.05) is 32.6 Å². The van der Waals surface area contributed by atoms with Crippen molar-refractivity contribution in [1.29, 1.82) is 5.41 Å². The fraction of sp³-hybridized carbons (Fsp3) is 0.349. The summed E-state index contributed by atoms with van der Waals surface area (Å²) < 4.78 is 13.6. The Morgan fingerprint density at radius 2 is 1.89 bits per heavy atom. The number of amides is 1. The van der Waals surface area contributed by atoms with Gasteiger partial charge in [-0.15, -0.1) is 0 Å². The third-order valence-electron chi connectivity index (χ3n) is 10.8. The third kappa shape index (κ3) is 6.91. The first kappa shape index (κ1) is 35.9. The quantitative estimate of drug-likeness (QED) is 0.0675. The van der Waals surface area contributed by atoms with Gasteiger partial charge in [0.05, 0.1) is 47.8 Å². The number of nitrogens with zero attached hydrogens (tertiary/aromatic N) is 3. The number of hydrogen-bond acceptors (Lipinski definition) is 7. The largest absolute Gasteiger partial charge is 0.497 e. The molecule has 0 saturated heterocycles. The van der Waals surface area contributed by atoms with E-state index in [0.29, 0.717) is 48.5 Å². The molecule has 3 aromatic carbocycles. The smallest absolute Gasteiger partial charge is 0.257 e. The van der Waals surface area contributed by atoms with Crippen LogP contribution in [0, 0.1) is 5.41 Å². The van der Waals surface area contributed by atoms with Gasteiger partial charge < -0.3 is 34.7 Å². The SMILES string of the molecule is CCN(C[C@@H](C)OC)C(=O)/C(C=N)=C(/Nc1nc2ccccc2[nH]1)C1=Cc2cc(OC)ccc2-c2c(C3CCCCC3)c3ccc(C(C)=O)cc3n2C1. The van der Waals surface area contributed by atoms with Crippen LogP contribution in [0.4, 0.5) is 5.95 Å². The van der Waals surface area contributed by atoms with E-state index in [2.05, 4.69) is 33.1 Å². The number of aromatic nitrogens is 3. The molecule has 1 saturated carbocycles. The van der Waals surface area contributed by atoms with E-state index in [9.17, 15) is 9.59 Å². The van der Waals surface area contributed by atoms with Gasteiger partial charge in [-0.05, 0) is 98.7 Å². The van der Waals surface area contributed by atoms with Crippen LogP contribution in [0.25, 0.3) is 39.3 Å².